The van der Waals surface area contributed by atoms with Crippen molar-refractivity contribution in [2.24, 2.45) is 0 Å². The van der Waals surface area contributed by atoms with Gasteiger partial charge >= 0.3 is 5.97 Å². The molecule has 0 saturated heterocycles. The summed E-state index contributed by atoms with van der Waals surface area (Å²) < 4.78 is 5.48. The van der Waals surface area contributed by atoms with Crippen LogP contribution >= 0.6 is 0 Å². The minimum Gasteiger partial charge on any atom is -0.466 e. The predicted octanol–water partition coefficient (Wildman–Crippen LogP) is 20.9. The fraction of sp³-hybridized carbons (Fsp3) is 0.886. The number of nitrogens with one attached hydrogen (secondary N) is 1. The van der Waals surface area contributed by atoms with Crippen LogP contribution in [0.15, 0.2) is 36.5 Å². The van der Waals surface area contributed by atoms with Gasteiger partial charge in [-0.2, -0.15) is 0 Å². The SMILES string of the molecule is CCCCC/C=C\C/C=C\CCCCCCCC(=O)OCCCCCCCCCCCCCCCCCCCCCCCCCCCCCCCC(=O)N[C@@H](CO)[C@H](O)/C=C/[C@H](O)CCCCCCCCCCCCCC. The third-order valence-electron chi connectivity index (χ3n) is 16.0. The molecule has 0 unspecified atom stereocenters. The lowest BCUT2D eigenvalue weighted by atomic mass is 10.0. The Morgan fingerprint density at radius 3 is 1.12 bits per heavy atom. The average molecular weight is 1080 g/mol. The van der Waals surface area contributed by atoms with E-state index in [1.54, 1.807) is 6.08 Å². The van der Waals surface area contributed by atoms with Crippen LogP contribution in [0.3, 0.4) is 0 Å². The molecule has 0 aliphatic carbocycles. The Bertz CT molecular complexity index is 1270. The molecule has 0 aromatic heterocycles. The second-order valence-corrected chi connectivity index (χ2v) is 23.7. The number of unbranched alkanes of at least 4 members (excludes halogenated alkanes) is 47. The van der Waals surface area contributed by atoms with E-state index in [1.807, 2.05) is 0 Å². The van der Waals surface area contributed by atoms with Crippen LogP contribution < -0.4 is 5.32 Å². The molecule has 77 heavy (non-hydrogen) atoms. The lowest BCUT2D eigenvalue weighted by Gasteiger charge is -2.20. The highest BCUT2D eigenvalue weighted by Crippen LogP contribution is 2.19. The van der Waals surface area contributed by atoms with Gasteiger partial charge in [-0.15, -0.1) is 0 Å². The molecular formula is C70H133NO6. The Morgan fingerprint density at radius 1 is 0.390 bits per heavy atom. The van der Waals surface area contributed by atoms with Crippen molar-refractivity contribution in [1.29, 1.82) is 0 Å². The average Bonchev–Trinajstić information content (AvgIpc) is 3.43. The van der Waals surface area contributed by atoms with Crippen molar-refractivity contribution < 1.29 is 29.6 Å². The highest BCUT2D eigenvalue weighted by atomic mass is 16.5. The Morgan fingerprint density at radius 2 is 0.714 bits per heavy atom. The lowest BCUT2D eigenvalue weighted by Crippen LogP contribution is -2.45. The summed E-state index contributed by atoms with van der Waals surface area (Å²) in [5.41, 5.74) is 0. The molecule has 0 aliphatic heterocycles. The van der Waals surface area contributed by atoms with E-state index >= 15 is 0 Å². The molecule has 1 amide bonds. The molecule has 0 saturated carbocycles. The molecule has 0 radical (unpaired) electrons. The summed E-state index contributed by atoms with van der Waals surface area (Å²) in [6, 6.07) is -0.748. The Kier molecular flexibility index (Phi) is 63.2. The molecule has 0 fully saturated rings. The van der Waals surface area contributed by atoms with E-state index in [4.69, 9.17) is 4.74 Å². The summed E-state index contributed by atoms with van der Waals surface area (Å²) in [5.74, 6) is -0.124. The maximum atomic E-state index is 12.5. The topological polar surface area (TPSA) is 116 Å². The molecule has 0 bridgehead atoms. The second kappa shape index (κ2) is 64.9. The monoisotopic (exact) mass is 1080 g/mol. The maximum Gasteiger partial charge on any atom is 0.305 e. The lowest BCUT2D eigenvalue weighted by molar-refractivity contribution is -0.143. The van der Waals surface area contributed by atoms with Crippen LogP contribution in [0.1, 0.15) is 367 Å². The van der Waals surface area contributed by atoms with E-state index in [0.29, 0.717) is 25.9 Å². The number of ether oxygens (including phenoxy) is 1. The summed E-state index contributed by atoms with van der Waals surface area (Å²) in [6.45, 7) is 4.79. The van der Waals surface area contributed by atoms with Crippen molar-refractivity contribution in [3.63, 3.8) is 0 Å². The van der Waals surface area contributed by atoms with Crippen LogP contribution in [0.2, 0.25) is 0 Å². The zero-order valence-corrected chi connectivity index (χ0v) is 51.6. The molecule has 3 atom stereocenters. The fourth-order valence-corrected chi connectivity index (χ4v) is 10.7. The number of rotatable bonds is 64. The van der Waals surface area contributed by atoms with Gasteiger partial charge in [0.25, 0.3) is 0 Å². The van der Waals surface area contributed by atoms with Crippen molar-refractivity contribution in [1.82, 2.24) is 5.32 Å². The maximum absolute atomic E-state index is 12.5. The highest BCUT2D eigenvalue weighted by molar-refractivity contribution is 5.76. The quantitative estimate of drug-likeness (QED) is 0.0274. The zero-order valence-electron chi connectivity index (χ0n) is 51.6. The summed E-state index contributed by atoms with van der Waals surface area (Å²) in [4.78, 5) is 24.6. The summed E-state index contributed by atoms with van der Waals surface area (Å²) in [6.07, 6.45) is 79.4. The van der Waals surface area contributed by atoms with E-state index in [0.717, 1.165) is 57.8 Å². The zero-order chi connectivity index (χ0) is 55.8. The van der Waals surface area contributed by atoms with Crippen LogP contribution in [0.25, 0.3) is 0 Å². The molecule has 7 heteroatoms. The molecule has 0 spiro atoms. The van der Waals surface area contributed by atoms with E-state index in [2.05, 4.69) is 43.5 Å². The minimum atomic E-state index is -1.02. The predicted molar refractivity (Wildman–Crippen MR) is 335 cm³/mol. The number of aliphatic hydroxyl groups excluding tert-OH is 3. The third kappa shape index (κ3) is 61.5. The van der Waals surface area contributed by atoms with E-state index in [9.17, 15) is 24.9 Å². The number of allylic oxidation sites excluding steroid dienone is 4. The summed E-state index contributed by atoms with van der Waals surface area (Å²) >= 11 is 0. The van der Waals surface area contributed by atoms with Crippen molar-refractivity contribution >= 4 is 11.9 Å². The molecule has 0 aliphatic rings. The van der Waals surface area contributed by atoms with Crippen LogP contribution in [0, 0.1) is 0 Å². The van der Waals surface area contributed by atoms with Gasteiger partial charge in [-0.05, 0) is 57.8 Å². The van der Waals surface area contributed by atoms with E-state index < -0.39 is 18.2 Å². The summed E-state index contributed by atoms with van der Waals surface area (Å²) in [7, 11) is 0. The number of aliphatic hydroxyl groups is 3. The van der Waals surface area contributed by atoms with Gasteiger partial charge in [0.1, 0.15) is 0 Å². The standard InChI is InChI=1S/C70H133NO6/c1-3-5-7-9-11-13-15-17-33-37-41-45-49-53-57-61-70(76)77-64-58-54-50-46-42-38-35-32-30-28-26-24-22-20-18-19-21-23-25-27-29-31-34-36-40-44-48-52-56-60-69(75)71-67(65-72)68(74)63-62-66(73)59-55-51-47-43-39-16-14-12-10-8-6-4-2/h11,13,17,33,62-63,66-68,72-74H,3-10,12,14-16,18-32,34-61,64-65H2,1-2H3,(H,71,75)/b13-11-,33-17-,63-62+/t66-,67+,68-/m1/s1. The number of esters is 1. The smallest absolute Gasteiger partial charge is 0.305 e. The highest BCUT2D eigenvalue weighted by Gasteiger charge is 2.18. The number of amides is 1. The first-order valence-corrected chi connectivity index (χ1v) is 34.3. The summed E-state index contributed by atoms with van der Waals surface area (Å²) in [5, 5.41) is 33.4. The van der Waals surface area contributed by atoms with Gasteiger partial charge in [-0.1, -0.05) is 333 Å². The number of hydrogen-bond acceptors (Lipinski definition) is 6. The Balaban J connectivity index is 3.40. The number of carbonyl (C=O) groups excluding carboxylic acids is 2. The van der Waals surface area contributed by atoms with Crippen molar-refractivity contribution in [3.05, 3.63) is 36.5 Å². The molecule has 0 heterocycles. The molecule has 0 rings (SSSR count). The first kappa shape index (κ1) is 75.0. The van der Waals surface area contributed by atoms with Crippen LogP contribution in [-0.4, -0.2) is 58.7 Å². The molecule has 0 aromatic rings. The first-order valence-electron chi connectivity index (χ1n) is 34.3. The van der Waals surface area contributed by atoms with Crippen LogP contribution in [-0.2, 0) is 14.3 Å². The van der Waals surface area contributed by atoms with Crippen LogP contribution in [0.4, 0.5) is 0 Å². The molecule has 7 nitrogen and oxygen atoms in total. The van der Waals surface area contributed by atoms with Gasteiger partial charge in [-0.3, -0.25) is 9.59 Å². The minimum absolute atomic E-state index is 0.00284. The van der Waals surface area contributed by atoms with E-state index in [1.165, 1.54) is 282 Å². The Hall–Kier alpha value is -1.96. The molecule has 454 valence electrons. The number of hydrogen-bond donors (Lipinski definition) is 4. The van der Waals surface area contributed by atoms with Gasteiger partial charge in [0.15, 0.2) is 0 Å². The van der Waals surface area contributed by atoms with Gasteiger partial charge in [0.05, 0.1) is 31.5 Å². The van der Waals surface area contributed by atoms with E-state index in [-0.39, 0.29) is 18.5 Å². The normalized spacial score (nSPS) is 13.2. The fourth-order valence-electron chi connectivity index (χ4n) is 10.7. The van der Waals surface area contributed by atoms with Crippen molar-refractivity contribution in [3.8, 4) is 0 Å². The Labute approximate surface area is 479 Å². The molecular weight excluding hydrogens is 951 g/mol. The molecule has 4 N–H and O–H groups in total. The first-order chi connectivity index (χ1) is 37.9. The van der Waals surface area contributed by atoms with Crippen LogP contribution in [0.5, 0.6) is 0 Å². The second-order valence-electron chi connectivity index (χ2n) is 23.7. The third-order valence-corrected chi connectivity index (χ3v) is 16.0. The van der Waals surface area contributed by atoms with Gasteiger partial charge in [0, 0.05) is 12.8 Å². The van der Waals surface area contributed by atoms with Gasteiger partial charge in [0.2, 0.25) is 5.91 Å². The van der Waals surface area contributed by atoms with Crippen molar-refractivity contribution in [2.75, 3.05) is 13.2 Å². The number of carbonyl (C=O) groups is 2. The van der Waals surface area contributed by atoms with Gasteiger partial charge in [-0.25, -0.2) is 0 Å². The van der Waals surface area contributed by atoms with Gasteiger partial charge < -0.3 is 25.4 Å². The largest absolute Gasteiger partial charge is 0.466 e. The molecule has 0 aromatic carbocycles. The van der Waals surface area contributed by atoms with Crippen molar-refractivity contribution in [2.45, 2.75) is 385 Å².